The lowest BCUT2D eigenvalue weighted by atomic mass is 10.0. The summed E-state index contributed by atoms with van der Waals surface area (Å²) in [6, 6.07) is 0.392. The van der Waals surface area contributed by atoms with Gasteiger partial charge in [-0.05, 0) is 33.4 Å². The number of likely N-dealkylation sites (tertiary alicyclic amines) is 1. The SMILES string of the molecule is CCCC(CN)C(=O)N1CCCC1CN(C)C. The van der Waals surface area contributed by atoms with E-state index in [1.807, 2.05) is 0 Å². The molecule has 4 heteroatoms. The van der Waals surface area contributed by atoms with Crippen LogP contribution in [0.25, 0.3) is 0 Å². The molecule has 4 nitrogen and oxygen atoms in total. The molecule has 100 valence electrons. The van der Waals surface area contributed by atoms with Crippen LogP contribution in [0.1, 0.15) is 32.6 Å². The second-order valence-corrected chi connectivity index (χ2v) is 5.31. The molecule has 2 unspecified atom stereocenters. The molecule has 0 spiro atoms. The van der Waals surface area contributed by atoms with E-state index in [1.165, 1.54) is 0 Å². The fraction of sp³-hybridized carbons (Fsp3) is 0.923. The molecule has 0 aromatic rings. The zero-order valence-electron chi connectivity index (χ0n) is 11.5. The first kappa shape index (κ1) is 14.5. The monoisotopic (exact) mass is 241 g/mol. The number of nitrogens with two attached hydrogens (primary N) is 1. The second kappa shape index (κ2) is 6.97. The molecule has 1 aliphatic rings. The Kier molecular flexibility index (Phi) is 5.92. The van der Waals surface area contributed by atoms with E-state index in [-0.39, 0.29) is 11.8 Å². The number of likely N-dealkylation sites (N-methyl/N-ethyl adjacent to an activating group) is 1. The van der Waals surface area contributed by atoms with Crippen molar-refractivity contribution in [3.05, 3.63) is 0 Å². The zero-order chi connectivity index (χ0) is 12.8. The molecule has 0 saturated carbocycles. The second-order valence-electron chi connectivity index (χ2n) is 5.31. The Hall–Kier alpha value is -0.610. The predicted molar refractivity (Wildman–Crippen MR) is 70.7 cm³/mol. The van der Waals surface area contributed by atoms with Crippen LogP contribution in [0.4, 0.5) is 0 Å². The Morgan fingerprint density at radius 1 is 1.53 bits per heavy atom. The molecule has 0 aliphatic carbocycles. The fourth-order valence-electron chi connectivity index (χ4n) is 2.66. The van der Waals surface area contributed by atoms with Crippen molar-refractivity contribution < 1.29 is 4.79 Å². The molecule has 2 N–H and O–H groups in total. The van der Waals surface area contributed by atoms with Crippen LogP contribution in [0.5, 0.6) is 0 Å². The molecular formula is C13H27N3O. The largest absolute Gasteiger partial charge is 0.338 e. The Balaban J connectivity index is 2.59. The van der Waals surface area contributed by atoms with Crippen LogP contribution in [0, 0.1) is 5.92 Å². The number of carbonyl (C=O) groups excluding carboxylic acids is 1. The third kappa shape index (κ3) is 3.96. The smallest absolute Gasteiger partial charge is 0.227 e. The molecular weight excluding hydrogens is 214 g/mol. The number of carbonyl (C=O) groups is 1. The average molecular weight is 241 g/mol. The van der Waals surface area contributed by atoms with Gasteiger partial charge < -0.3 is 15.5 Å². The summed E-state index contributed by atoms with van der Waals surface area (Å²) in [6.45, 7) is 4.47. The highest BCUT2D eigenvalue weighted by atomic mass is 16.2. The molecule has 1 rings (SSSR count). The van der Waals surface area contributed by atoms with Crippen molar-refractivity contribution in [3.8, 4) is 0 Å². The van der Waals surface area contributed by atoms with E-state index in [0.717, 1.165) is 38.8 Å². The van der Waals surface area contributed by atoms with Crippen molar-refractivity contribution >= 4 is 5.91 Å². The van der Waals surface area contributed by atoms with E-state index in [2.05, 4.69) is 30.8 Å². The van der Waals surface area contributed by atoms with Crippen molar-refractivity contribution in [3.63, 3.8) is 0 Å². The lowest BCUT2D eigenvalue weighted by Crippen LogP contribution is -2.45. The first-order chi connectivity index (χ1) is 8.10. The minimum absolute atomic E-state index is 0.0303. The summed E-state index contributed by atoms with van der Waals surface area (Å²) in [5.74, 6) is 0.307. The third-order valence-electron chi connectivity index (χ3n) is 3.51. The van der Waals surface area contributed by atoms with Gasteiger partial charge in [0, 0.05) is 25.7 Å². The van der Waals surface area contributed by atoms with Gasteiger partial charge in [-0.1, -0.05) is 13.3 Å². The van der Waals surface area contributed by atoms with Gasteiger partial charge in [-0.2, -0.15) is 0 Å². The predicted octanol–water partition coefficient (Wildman–Crippen LogP) is 0.914. The zero-order valence-corrected chi connectivity index (χ0v) is 11.5. The molecule has 2 atom stereocenters. The summed E-state index contributed by atoms with van der Waals surface area (Å²) in [5, 5.41) is 0. The maximum absolute atomic E-state index is 12.4. The van der Waals surface area contributed by atoms with Gasteiger partial charge >= 0.3 is 0 Å². The minimum Gasteiger partial charge on any atom is -0.338 e. The number of nitrogens with zero attached hydrogens (tertiary/aromatic N) is 2. The highest BCUT2D eigenvalue weighted by molar-refractivity contribution is 5.79. The Bertz CT molecular complexity index is 243. The van der Waals surface area contributed by atoms with Crippen molar-refractivity contribution in [1.82, 2.24) is 9.80 Å². The molecule has 1 aliphatic heterocycles. The summed E-state index contributed by atoms with van der Waals surface area (Å²) < 4.78 is 0. The molecule has 1 amide bonds. The van der Waals surface area contributed by atoms with Crippen molar-refractivity contribution in [2.45, 2.75) is 38.6 Å². The van der Waals surface area contributed by atoms with Crippen molar-refractivity contribution in [2.24, 2.45) is 11.7 Å². The first-order valence-electron chi connectivity index (χ1n) is 6.75. The van der Waals surface area contributed by atoms with Gasteiger partial charge in [-0.25, -0.2) is 0 Å². The lowest BCUT2D eigenvalue weighted by molar-refractivity contribution is -0.136. The van der Waals surface area contributed by atoms with Crippen LogP contribution >= 0.6 is 0 Å². The van der Waals surface area contributed by atoms with E-state index in [4.69, 9.17) is 5.73 Å². The van der Waals surface area contributed by atoms with Gasteiger partial charge in [0.15, 0.2) is 0 Å². The summed E-state index contributed by atoms with van der Waals surface area (Å²) >= 11 is 0. The highest BCUT2D eigenvalue weighted by Gasteiger charge is 2.32. The van der Waals surface area contributed by atoms with Crippen molar-refractivity contribution in [2.75, 3.05) is 33.7 Å². The van der Waals surface area contributed by atoms with Crippen molar-refractivity contribution in [1.29, 1.82) is 0 Å². The van der Waals surface area contributed by atoms with E-state index in [1.54, 1.807) is 0 Å². The average Bonchev–Trinajstić information content (AvgIpc) is 2.72. The number of rotatable bonds is 6. The maximum Gasteiger partial charge on any atom is 0.227 e. The van der Waals surface area contributed by atoms with Gasteiger partial charge in [-0.3, -0.25) is 4.79 Å². The highest BCUT2D eigenvalue weighted by Crippen LogP contribution is 2.21. The number of hydrogen-bond donors (Lipinski definition) is 1. The Labute approximate surface area is 105 Å². The van der Waals surface area contributed by atoms with Gasteiger partial charge in [0.05, 0.1) is 5.92 Å². The van der Waals surface area contributed by atoms with E-state index < -0.39 is 0 Å². The standard InChI is InChI=1S/C13H27N3O/c1-4-6-11(9-14)13(17)16-8-5-7-12(16)10-15(2)3/h11-12H,4-10,14H2,1-3H3. The van der Waals surface area contributed by atoms with E-state index >= 15 is 0 Å². The third-order valence-corrected chi connectivity index (χ3v) is 3.51. The molecule has 0 radical (unpaired) electrons. The number of hydrogen-bond acceptors (Lipinski definition) is 3. The van der Waals surface area contributed by atoms with Crippen LogP contribution in [0.3, 0.4) is 0 Å². The van der Waals surface area contributed by atoms with Crippen LogP contribution in [0.15, 0.2) is 0 Å². The van der Waals surface area contributed by atoms with Gasteiger partial charge in [0.2, 0.25) is 5.91 Å². The molecule has 1 fully saturated rings. The summed E-state index contributed by atoms with van der Waals surface area (Å²) in [6.07, 6.45) is 4.21. The molecule has 0 aromatic carbocycles. The number of amides is 1. The van der Waals surface area contributed by atoms with E-state index in [9.17, 15) is 4.79 Å². The van der Waals surface area contributed by atoms with Crippen LogP contribution in [-0.2, 0) is 4.79 Å². The topological polar surface area (TPSA) is 49.6 Å². The lowest BCUT2D eigenvalue weighted by Gasteiger charge is -2.30. The van der Waals surface area contributed by atoms with Gasteiger partial charge in [0.25, 0.3) is 0 Å². The van der Waals surface area contributed by atoms with Crippen LogP contribution < -0.4 is 5.73 Å². The Morgan fingerprint density at radius 2 is 2.24 bits per heavy atom. The molecule has 1 saturated heterocycles. The van der Waals surface area contributed by atoms with E-state index in [0.29, 0.717) is 12.6 Å². The fourth-order valence-corrected chi connectivity index (χ4v) is 2.66. The van der Waals surface area contributed by atoms with Gasteiger partial charge in [0.1, 0.15) is 0 Å². The quantitative estimate of drug-likeness (QED) is 0.752. The molecule has 17 heavy (non-hydrogen) atoms. The normalized spacial score (nSPS) is 22.2. The maximum atomic E-state index is 12.4. The Morgan fingerprint density at radius 3 is 2.76 bits per heavy atom. The van der Waals surface area contributed by atoms with Gasteiger partial charge in [-0.15, -0.1) is 0 Å². The molecule has 0 bridgehead atoms. The van der Waals surface area contributed by atoms with Crippen LogP contribution in [-0.4, -0.2) is 55.5 Å². The summed E-state index contributed by atoms with van der Waals surface area (Å²) in [7, 11) is 4.13. The molecule has 1 heterocycles. The molecule has 0 aromatic heterocycles. The first-order valence-corrected chi connectivity index (χ1v) is 6.75. The van der Waals surface area contributed by atoms with Crippen LogP contribution in [0.2, 0.25) is 0 Å². The summed E-state index contributed by atoms with van der Waals surface area (Å²) in [5.41, 5.74) is 5.72. The minimum atomic E-state index is 0.0303. The summed E-state index contributed by atoms with van der Waals surface area (Å²) in [4.78, 5) is 16.6.